The lowest BCUT2D eigenvalue weighted by atomic mass is 10.2. The van der Waals surface area contributed by atoms with Crippen molar-refractivity contribution in [3.05, 3.63) is 24.2 Å². The summed E-state index contributed by atoms with van der Waals surface area (Å²) in [5.74, 6) is 0.662. The van der Waals surface area contributed by atoms with Crippen molar-refractivity contribution in [2.75, 3.05) is 6.54 Å². The highest BCUT2D eigenvalue weighted by Crippen LogP contribution is 2.47. The maximum atomic E-state index is 12.0. The van der Waals surface area contributed by atoms with E-state index in [1.165, 1.54) is 0 Å². The number of amides is 2. The average Bonchev–Trinajstić information content (AvgIpc) is 2.89. The Bertz CT molecular complexity index is 499. The largest absolute Gasteiger partial charge is 0.469 e. The minimum atomic E-state index is -0.506. The highest BCUT2D eigenvalue weighted by molar-refractivity contribution is 5.82. The van der Waals surface area contributed by atoms with Crippen molar-refractivity contribution in [2.45, 2.75) is 37.4 Å². The minimum Gasteiger partial charge on any atom is -0.469 e. The molecule has 1 aromatic heterocycles. The second-order valence-corrected chi connectivity index (χ2v) is 5.44. The molecule has 108 valence electrons. The first-order valence-electron chi connectivity index (χ1n) is 6.91. The molecule has 20 heavy (non-hydrogen) atoms. The van der Waals surface area contributed by atoms with Crippen LogP contribution in [0.3, 0.4) is 0 Å². The average molecular weight is 278 g/mol. The fourth-order valence-corrected chi connectivity index (χ4v) is 2.71. The molecule has 1 saturated heterocycles. The summed E-state index contributed by atoms with van der Waals surface area (Å²) in [5.41, 5.74) is 5.18. The molecule has 0 unspecified atom stereocenters. The SMILES string of the molecule is NC(=O)[C@@H]1CC[C@H](CNC(=O)[C@H]2C[C@@H]2c2ccco2)O1. The zero-order chi connectivity index (χ0) is 14.1. The molecule has 0 radical (unpaired) electrons. The third-order valence-corrected chi connectivity index (χ3v) is 3.96. The maximum absolute atomic E-state index is 12.0. The van der Waals surface area contributed by atoms with Gasteiger partial charge in [-0.25, -0.2) is 0 Å². The monoisotopic (exact) mass is 278 g/mol. The Morgan fingerprint density at radius 2 is 2.25 bits per heavy atom. The molecule has 1 saturated carbocycles. The van der Waals surface area contributed by atoms with Gasteiger partial charge in [0, 0.05) is 18.4 Å². The van der Waals surface area contributed by atoms with Crippen molar-refractivity contribution in [2.24, 2.45) is 11.7 Å². The first-order chi connectivity index (χ1) is 9.65. The van der Waals surface area contributed by atoms with Gasteiger partial charge in [0.2, 0.25) is 11.8 Å². The van der Waals surface area contributed by atoms with E-state index in [9.17, 15) is 9.59 Å². The fraction of sp³-hybridized carbons (Fsp3) is 0.571. The molecule has 2 heterocycles. The lowest BCUT2D eigenvalue weighted by Crippen LogP contribution is -2.35. The van der Waals surface area contributed by atoms with E-state index < -0.39 is 12.0 Å². The summed E-state index contributed by atoms with van der Waals surface area (Å²) in [4.78, 5) is 23.0. The van der Waals surface area contributed by atoms with E-state index in [0.717, 1.165) is 18.6 Å². The summed E-state index contributed by atoms with van der Waals surface area (Å²) in [6.07, 6.45) is 3.22. The molecule has 2 fully saturated rings. The molecular weight excluding hydrogens is 260 g/mol. The molecule has 0 bridgehead atoms. The van der Waals surface area contributed by atoms with Crippen LogP contribution < -0.4 is 11.1 Å². The number of hydrogen-bond donors (Lipinski definition) is 2. The highest BCUT2D eigenvalue weighted by Gasteiger charge is 2.46. The maximum Gasteiger partial charge on any atom is 0.246 e. The summed E-state index contributed by atoms with van der Waals surface area (Å²) < 4.78 is 10.8. The van der Waals surface area contributed by atoms with Gasteiger partial charge in [0.1, 0.15) is 11.9 Å². The predicted molar refractivity (Wildman–Crippen MR) is 69.7 cm³/mol. The van der Waals surface area contributed by atoms with Crippen LogP contribution in [-0.2, 0) is 14.3 Å². The van der Waals surface area contributed by atoms with Crippen molar-refractivity contribution in [1.82, 2.24) is 5.32 Å². The number of carbonyl (C=O) groups excluding carboxylic acids is 2. The van der Waals surface area contributed by atoms with Crippen LogP contribution in [0.15, 0.2) is 22.8 Å². The van der Waals surface area contributed by atoms with Gasteiger partial charge in [0.15, 0.2) is 0 Å². The van der Waals surface area contributed by atoms with Crippen molar-refractivity contribution < 1.29 is 18.7 Å². The Kier molecular flexibility index (Phi) is 3.48. The molecule has 3 N–H and O–H groups in total. The quantitative estimate of drug-likeness (QED) is 0.821. The van der Waals surface area contributed by atoms with Crippen LogP contribution in [0.4, 0.5) is 0 Å². The summed E-state index contributed by atoms with van der Waals surface area (Å²) in [6.45, 7) is 0.435. The predicted octanol–water partition coefficient (Wildman–Crippen LogP) is 0.532. The lowest BCUT2D eigenvalue weighted by molar-refractivity contribution is -0.128. The van der Waals surface area contributed by atoms with Crippen LogP contribution in [0.25, 0.3) is 0 Å². The van der Waals surface area contributed by atoms with Crippen LogP contribution >= 0.6 is 0 Å². The Hall–Kier alpha value is -1.82. The number of rotatable bonds is 5. The summed E-state index contributed by atoms with van der Waals surface area (Å²) in [5, 5.41) is 2.88. The summed E-state index contributed by atoms with van der Waals surface area (Å²) >= 11 is 0. The van der Waals surface area contributed by atoms with Gasteiger partial charge in [0.05, 0.1) is 12.4 Å². The van der Waals surface area contributed by atoms with Crippen LogP contribution in [0, 0.1) is 5.92 Å². The number of furan rings is 1. The smallest absolute Gasteiger partial charge is 0.246 e. The molecule has 2 aliphatic rings. The van der Waals surface area contributed by atoms with Crippen molar-refractivity contribution in [3.8, 4) is 0 Å². The number of nitrogens with two attached hydrogens (primary N) is 1. The Morgan fingerprint density at radius 3 is 2.90 bits per heavy atom. The van der Waals surface area contributed by atoms with Gasteiger partial charge in [-0.15, -0.1) is 0 Å². The molecule has 4 atom stereocenters. The molecule has 3 rings (SSSR count). The minimum absolute atomic E-state index is 0.00510. The Balaban J connectivity index is 1.42. The highest BCUT2D eigenvalue weighted by atomic mass is 16.5. The zero-order valence-corrected chi connectivity index (χ0v) is 11.1. The third-order valence-electron chi connectivity index (χ3n) is 3.96. The molecule has 6 heteroatoms. The van der Waals surface area contributed by atoms with E-state index in [4.69, 9.17) is 14.9 Å². The number of carbonyl (C=O) groups is 2. The normalized spacial score (nSPS) is 32.0. The van der Waals surface area contributed by atoms with Crippen LogP contribution in [-0.4, -0.2) is 30.6 Å². The molecule has 1 aliphatic carbocycles. The fourth-order valence-electron chi connectivity index (χ4n) is 2.71. The molecule has 6 nitrogen and oxygen atoms in total. The summed E-state index contributed by atoms with van der Waals surface area (Å²) in [7, 11) is 0. The van der Waals surface area contributed by atoms with E-state index in [1.54, 1.807) is 6.26 Å². The number of nitrogens with one attached hydrogen (secondary N) is 1. The van der Waals surface area contributed by atoms with Gasteiger partial charge in [-0.2, -0.15) is 0 Å². The van der Waals surface area contributed by atoms with E-state index in [0.29, 0.717) is 13.0 Å². The van der Waals surface area contributed by atoms with Gasteiger partial charge in [-0.1, -0.05) is 0 Å². The zero-order valence-electron chi connectivity index (χ0n) is 11.1. The molecule has 0 aromatic carbocycles. The molecular formula is C14H18N2O4. The van der Waals surface area contributed by atoms with Crippen LogP contribution in [0.1, 0.15) is 30.9 Å². The van der Waals surface area contributed by atoms with Gasteiger partial charge in [0.25, 0.3) is 0 Å². The van der Waals surface area contributed by atoms with Gasteiger partial charge in [-0.3, -0.25) is 9.59 Å². The molecule has 1 aromatic rings. The number of primary amides is 1. The van der Waals surface area contributed by atoms with Crippen molar-refractivity contribution in [1.29, 1.82) is 0 Å². The van der Waals surface area contributed by atoms with Crippen molar-refractivity contribution in [3.63, 3.8) is 0 Å². The van der Waals surface area contributed by atoms with Gasteiger partial charge in [-0.05, 0) is 31.4 Å². The summed E-state index contributed by atoms with van der Waals surface area (Å²) in [6, 6.07) is 3.73. The first kappa shape index (κ1) is 13.2. The molecule has 0 spiro atoms. The first-order valence-corrected chi connectivity index (χ1v) is 6.91. The van der Waals surface area contributed by atoms with Crippen molar-refractivity contribution >= 4 is 11.8 Å². The molecule has 1 aliphatic heterocycles. The van der Waals surface area contributed by atoms with E-state index >= 15 is 0 Å². The Labute approximate surface area is 116 Å². The third kappa shape index (κ3) is 2.70. The van der Waals surface area contributed by atoms with E-state index in [-0.39, 0.29) is 23.8 Å². The number of ether oxygens (including phenoxy) is 1. The number of hydrogen-bond acceptors (Lipinski definition) is 4. The van der Waals surface area contributed by atoms with E-state index in [1.807, 2.05) is 12.1 Å². The van der Waals surface area contributed by atoms with E-state index in [2.05, 4.69) is 5.32 Å². The molecule has 2 amide bonds. The second kappa shape index (κ2) is 5.28. The van der Waals surface area contributed by atoms with Crippen LogP contribution in [0.2, 0.25) is 0 Å². The van der Waals surface area contributed by atoms with Gasteiger partial charge >= 0.3 is 0 Å². The van der Waals surface area contributed by atoms with Gasteiger partial charge < -0.3 is 20.2 Å². The standard InChI is InChI=1S/C14H18N2O4/c15-13(17)12-4-3-8(20-12)7-16-14(18)10-6-9(10)11-2-1-5-19-11/h1-2,5,8-10,12H,3-4,6-7H2,(H2,15,17)(H,16,18)/t8-,9+,10+,12+/m1/s1. The Morgan fingerprint density at radius 1 is 1.40 bits per heavy atom. The van der Waals surface area contributed by atoms with Crippen LogP contribution in [0.5, 0.6) is 0 Å². The lowest BCUT2D eigenvalue weighted by Gasteiger charge is -2.12. The second-order valence-electron chi connectivity index (χ2n) is 5.44. The topological polar surface area (TPSA) is 94.6 Å².